The molecule has 10 nitrogen and oxygen atoms in total. The summed E-state index contributed by atoms with van der Waals surface area (Å²) >= 11 is 3.40. The van der Waals surface area contributed by atoms with E-state index in [1.165, 1.54) is 23.1 Å². The normalized spacial score (nSPS) is 11.9. The first kappa shape index (κ1) is 31.8. The molecule has 12 heteroatoms. The van der Waals surface area contributed by atoms with Gasteiger partial charge in [-0.25, -0.2) is 8.42 Å². The number of unbranched alkanes of at least 4 members (excludes halogenated alkanes) is 1. The van der Waals surface area contributed by atoms with Gasteiger partial charge in [-0.3, -0.25) is 24.0 Å². The number of hydrogen-bond donors (Lipinski definition) is 1. The number of halogens is 1. The minimum atomic E-state index is -4.03. The number of anilines is 1. The summed E-state index contributed by atoms with van der Waals surface area (Å²) in [5.74, 6) is -0.981. The molecule has 3 rings (SSSR count). The molecule has 3 aromatic carbocycles. The van der Waals surface area contributed by atoms with Crippen molar-refractivity contribution in [1.29, 1.82) is 0 Å². The summed E-state index contributed by atoms with van der Waals surface area (Å²) in [6.07, 6.45) is 2.77. The summed E-state index contributed by atoms with van der Waals surface area (Å²) in [6.45, 7) is 1.83. The Kier molecular flexibility index (Phi) is 11.4. The maximum absolute atomic E-state index is 14.0. The fourth-order valence-electron chi connectivity index (χ4n) is 4.22. The molecule has 0 bridgehead atoms. The maximum Gasteiger partial charge on any atom is 0.271 e. The van der Waals surface area contributed by atoms with Crippen LogP contribution in [0.1, 0.15) is 30.9 Å². The summed E-state index contributed by atoms with van der Waals surface area (Å²) in [6, 6.07) is 20.7. The minimum absolute atomic E-state index is 0.0225. The van der Waals surface area contributed by atoms with E-state index in [-0.39, 0.29) is 30.2 Å². The fraction of sp³-hybridized carbons (Fsp3) is 0.310. The van der Waals surface area contributed by atoms with Gasteiger partial charge in [0.05, 0.1) is 16.9 Å². The van der Waals surface area contributed by atoms with E-state index in [9.17, 15) is 28.1 Å². The van der Waals surface area contributed by atoms with Crippen LogP contribution in [-0.4, -0.2) is 55.4 Å². The van der Waals surface area contributed by atoms with Crippen LogP contribution in [0.15, 0.2) is 83.3 Å². The van der Waals surface area contributed by atoms with Crippen molar-refractivity contribution in [3.05, 3.63) is 105 Å². The molecule has 0 saturated heterocycles. The predicted molar refractivity (Wildman–Crippen MR) is 162 cm³/mol. The number of hydrogen-bond acceptors (Lipinski definition) is 6. The third-order valence-electron chi connectivity index (χ3n) is 6.37. The van der Waals surface area contributed by atoms with Gasteiger partial charge in [0.2, 0.25) is 21.8 Å². The largest absolute Gasteiger partial charge is 0.354 e. The molecule has 0 aliphatic carbocycles. The van der Waals surface area contributed by atoms with Crippen LogP contribution in [0.4, 0.5) is 11.4 Å². The zero-order chi connectivity index (χ0) is 30.0. The molecule has 1 atom stereocenters. The van der Waals surface area contributed by atoms with Gasteiger partial charge in [0.25, 0.3) is 5.69 Å². The molecule has 0 unspecified atom stereocenters. The third-order valence-corrected chi connectivity index (χ3v) is 8.04. The van der Waals surface area contributed by atoms with Crippen LogP contribution in [0.3, 0.4) is 0 Å². The summed E-state index contributed by atoms with van der Waals surface area (Å²) < 4.78 is 27.3. The van der Waals surface area contributed by atoms with Crippen LogP contribution in [0.2, 0.25) is 0 Å². The number of sulfonamides is 1. The van der Waals surface area contributed by atoms with Crippen molar-refractivity contribution in [1.82, 2.24) is 10.2 Å². The topological polar surface area (TPSA) is 130 Å². The number of nitro benzene ring substituents is 1. The van der Waals surface area contributed by atoms with Crippen molar-refractivity contribution in [3.63, 3.8) is 0 Å². The van der Waals surface area contributed by atoms with E-state index in [1.54, 1.807) is 0 Å². The number of nitrogens with one attached hydrogen (secondary N) is 1. The predicted octanol–water partition coefficient (Wildman–Crippen LogP) is 4.68. The number of carbonyl (C=O) groups is 2. The van der Waals surface area contributed by atoms with Crippen LogP contribution in [0.25, 0.3) is 0 Å². The molecule has 0 radical (unpaired) electrons. The molecule has 41 heavy (non-hydrogen) atoms. The number of amides is 2. The lowest BCUT2D eigenvalue weighted by molar-refractivity contribution is -0.384. The van der Waals surface area contributed by atoms with Gasteiger partial charge in [-0.2, -0.15) is 0 Å². The van der Waals surface area contributed by atoms with E-state index in [1.807, 2.05) is 61.5 Å². The molecular weight excluding hydrogens is 612 g/mol. The number of nitro groups is 1. The van der Waals surface area contributed by atoms with Crippen LogP contribution < -0.4 is 9.62 Å². The number of nitrogens with zero attached hydrogens (tertiary/aromatic N) is 3. The number of non-ortho nitro benzene ring substituents is 1. The van der Waals surface area contributed by atoms with Crippen molar-refractivity contribution >= 4 is 49.1 Å². The van der Waals surface area contributed by atoms with Gasteiger partial charge < -0.3 is 10.2 Å². The Morgan fingerprint density at radius 2 is 1.68 bits per heavy atom. The van der Waals surface area contributed by atoms with Gasteiger partial charge in [-0.05, 0) is 35.7 Å². The molecule has 0 fully saturated rings. The number of carbonyl (C=O) groups excluding carboxylic acids is 2. The highest BCUT2D eigenvalue weighted by Gasteiger charge is 2.33. The second-order valence-corrected chi connectivity index (χ2v) is 12.4. The van der Waals surface area contributed by atoms with E-state index in [4.69, 9.17) is 0 Å². The zero-order valence-electron chi connectivity index (χ0n) is 22.9. The molecule has 0 saturated carbocycles. The minimum Gasteiger partial charge on any atom is -0.354 e. The lowest BCUT2D eigenvalue weighted by Gasteiger charge is -2.33. The molecule has 0 heterocycles. The van der Waals surface area contributed by atoms with Crippen molar-refractivity contribution in [3.8, 4) is 0 Å². The lowest BCUT2D eigenvalue weighted by Crippen LogP contribution is -2.53. The van der Waals surface area contributed by atoms with E-state index in [2.05, 4.69) is 21.2 Å². The second kappa shape index (κ2) is 14.7. The second-order valence-electron chi connectivity index (χ2n) is 9.54. The van der Waals surface area contributed by atoms with E-state index >= 15 is 0 Å². The first-order valence-corrected chi connectivity index (χ1v) is 15.7. The van der Waals surface area contributed by atoms with Crippen molar-refractivity contribution in [2.75, 3.05) is 23.7 Å². The molecule has 218 valence electrons. The third kappa shape index (κ3) is 9.39. The summed E-state index contributed by atoms with van der Waals surface area (Å²) in [7, 11) is -4.03. The summed E-state index contributed by atoms with van der Waals surface area (Å²) in [4.78, 5) is 39.7. The summed E-state index contributed by atoms with van der Waals surface area (Å²) in [5, 5.41) is 14.3. The van der Waals surface area contributed by atoms with Crippen molar-refractivity contribution in [2.24, 2.45) is 0 Å². The first-order valence-electron chi connectivity index (χ1n) is 13.1. The Hall–Kier alpha value is -3.77. The highest BCUT2D eigenvalue weighted by Crippen LogP contribution is 2.24. The monoisotopic (exact) mass is 644 g/mol. The molecule has 2 amide bonds. The van der Waals surface area contributed by atoms with Gasteiger partial charge >= 0.3 is 0 Å². The van der Waals surface area contributed by atoms with Gasteiger partial charge in [0, 0.05) is 36.1 Å². The molecule has 1 N–H and O–H groups in total. The quantitative estimate of drug-likeness (QED) is 0.154. The van der Waals surface area contributed by atoms with Gasteiger partial charge in [-0.1, -0.05) is 77.8 Å². The molecular formula is C29H33BrN4O6S. The Morgan fingerprint density at radius 1 is 1.00 bits per heavy atom. The average molecular weight is 646 g/mol. The molecule has 0 aliphatic rings. The Balaban J connectivity index is 2.04. The molecule has 0 aliphatic heterocycles. The average Bonchev–Trinajstić information content (AvgIpc) is 2.94. The Labute approximate surface area is 248 Å². The van der Waals surface area contributed by atoms with Crippen LogP contribution in [-0.2, 0) is 32.6 Å². The van der Waals surface area contributed by atoms with Crippen LogP contribution in [0, 0.1) is 10.1 Å². The van der Waals surface area contributed by atoms with Gasteiger partial charge in [0.15, 0.2) is 0 Å². The first-order chi connectivity index (χ1) is 19.5. The SMILES string of the molecule is CCCCNC(=O)[C@@H](Cc1ccccc1)N(Cc1ccc(Br)cc1)C(=O)CN(c1cccc([N+](=O)[O-])c1)S(C)(=O)=O. The highest BCUT2D eigenvalue weighted by molar-refractivity contribution is 9.10. The highest BCUT2D eigenvalue weighted by atomic mass is 79.9. The summed E-state index contributed by atoms with van der Waals surface area (Å²) in [5.41, 5.74) is 1.23. The molecule has 0 spiro atoms. The number of benzene rings is 3. The zero-order valence-corrected chi connectivity index (χ0v) is 25.3. The van der Waals surface area contributed by atoms with E-state index in [0.29, 0.717) is 6.54 Å². The van der Waals surface area contributed by atoms with Crippen LogP contribution >= 0.6 is 15.9 Å². The fourth-order valence-corrected chi connectivity index (χ4v) is 5.33. The Morgan fingerprint density at radius 3 is 2.29 bits per heavy atom. The van der Waals surface area contributed by atoms with E-state index < -0.39 is 33.4 Å². The number of rotatable bonds is 14. The van der Waals surface area contributed by atoms with Gasteiger partial charge in [-0.15, -0.1) is 0 Å². The van der Waals surface area contributed by atoms with Crippen molar-refractivity contribution < 1.29 is 22.9 Å². The van der Waals surface area contributed by atoms with Crippen LogP contribution in [0.5, 0.6) is 0 Å². The maximum atomic E-state index is 14.0. The lowest BCUT2D eigenvalue weighted by atomic mass is 10.0. The van der Waals surface area contributed by atoms with Gasteiger partial charge in [0.1, 0.15) is 12.6 Å². The standard InChI is InChI=1S/C29H33BrN4O6S/c1-3-4-17-31-29(36)27(18-22-9-6-5-7-10-22)32(20-23-13-15-24(30)16-14-23)28(35)21-33(41(2,39)40)25-11-8-12-26(19-25)34(37)38/h5-16,19,27H,3-4,17-18,20-21H2,1-2H3,(H,31,36)/t27-/m1/s1. The molecule has 3 aromatic rings. The Bertz CT molecular complexity index is 1450. The van der Waals surface area contributed by atoms with E-state index in [0.717, 1.165) is 45.1 Å². The van der Waals surface area contributed by atoms with Crippen molar-refractivity contribution in [2.45, 2.75) is 38.8 Å². The molecule has 0 aromatic heterocycles. The smallest absolute Gasteiger partial charge is 0.271 e.